The van der Waals surface area contributed by atoms with Crippen molar-refractivity contribution in [1.29, 1.82) is 5.26 Å². The summed E-state index contributed by atoms with van der Waals surface area (Å²) < 4.78 is 0. The lowest BCUT2D eigenvalue weighted by molar-refractivity contribution is 0.470. The van der Waals surface area contributed by atoms with Crippen molar-refractivity contribution >= 4 is 11.6 Å². The van der Waals surface area contributed by atoms with Crippen molar-refractivity contribution in [3.05, 3.63) is 27.3 Å². The van der Waals surface area contributed by atoms with E-state index in [-0.39, 0.29) is 5.75 Å². The van der Waals surface area contributed by atoms with Gasteiger partial charge in [-0.3, -0.25) is 0 Å². The summed E-state index contributed by atoms with van der Waals surface area (Å²) in [7, 11) is 0. The molecule has 1 aromatic rings. The lowest BCUT2D eigenvalue weighted by atomic mass is 9.95. The Hall–Kier alpha value is -1.20. The van der Waals surface area contributed by atoms with Crippen molar-refractivity contribution in [3.8, 4) is 11.8 Å². The first-order valence-corrected chi connectivity index (χ1v) is 4.72. The fourth-order valence-electron chi connectivity index (χ4n) is 1.50. The second-order valence-electron chi connectivity index (χ2n) is 3.35. The van der Waals surface area contributed by atoms with Crippen LogP contribution in [-0.2, 0) is 6.42 Å². The summed E-state index contributed by atoms with van der Waals surface area (Å²) in [6.07, 6.45) is 0.332. The zero-order chi connectivity index (χ0) is 10.9. The van der Waals surface area contributed by atoms with E-state index < -0.39 is 0 Å². The molecule has 0 saturated heterocycles. The minimum atomic E-state index is 0.128. The lowest BCUT2D eigenvalue weighted by Crippen LogP contribution is -1.97. The number of aromatic hydroxyl groups is 1. The molecule has 2 nitrogen and oxygen atoms in total. The molecule has 0 radical (unpaired) electrons. The van der Waals surface area contributed by atoms with Gasteiger partial charge in [-0.1, -0.05) is 11.6 Å². The van der Waals surface area contributed by atoms with Crippen LogP contribution in [0.5, 0.6) is 5.75 Å². The summed E-state index contributed by atoms with van der Waals surface area (Å²) in [4.78, 5) is 0. The monoisotopic (exact) mass is 209 g/mol. The first kappa shape index (κ1) is 10.9. The molecule has 0 unspecified atom stereocenters. The molecule has 0 heterocycles. The zero-order valence-electron chi connectivity index (χ0n) is 8.48. The summed E-state index contributed by atoms with van der Waals surface area (Å²) in [6, 6.07) is 2.10. The Bertz CT molecular complexity index is 389. The standard InChI is InChI=1S/C11H12ClNO/c1-6-7(2)11(14)10(12)8(3)9(6)4-5-13/h14H,4H2,1-3H3. The van der Waals surface area contributed by atoms with Gasteiger partial charge in [0.1, 0.15) is 5.75 Å². The SMILES string of the molecule is Cc1c(C)c(CC#N)c(C)c(Cl)c1O. The Morgan fingerprint density at radius 2 is 1.79 bits per heavy atom. The molecule has 0 spiro atoms. The highest BCUT2D eigenvalue weighted by Gasteiger charge is 2.14. The molecule has 1 aromatic carbocycles. The number of rotatable bonds is 1. The van der Waals surface area contributed by atoms with Gasteiger partial charge in [0.15, 0.2) is 0 Å². The van der Waals surface area contributed by atoms with Crippen LogP contribution in [0.1, 0.15) is 22.3 Å². The molecule has 0 aliphatic carbocycles. The highest BCUT2D eigenvalue weighted by atomic mass is 35.5. The van der Waals surface area contributed by atoms with Gasteiger partial charge in [-0.15, -0.1) is 0 Å². The second-order valence-corrected chi connectivity index (χ2v) is 3.73. The quantitative estimate of drug-likeness (QED) is 0.773. The molecule has 0 aromatic heterocycles. The molecule has 3 heteroatoms. The van der Waals surface area contributed by atoms with E-state index in [9.17, 15) is 5.11 Å². The number of phenolic OH excluding ortho intramolecular Hbond substituents is 1. The van der Waals surface area contributed by atoms with Crippen LogP contribution >= 0.6 is 11.6 Å². The van der Waals surface area contributed by atoms with E-state index in [1.54, 1.807) is 6.92 Å². The van der Waals surface area contributed by atoms with E-state index in [0.717, 1.165) is 22.3 Å². The number of nitrogens with zero attached hydrogens (tertiary/aromatic N) is 1. The van der Waals surface area contributed by atoms with Crippen LogP contribution in [0.15, 0.2) is 0 Å². The Kier molecular flexibility index (Phi) is 3.03. The topological polar surface area (TPSA) is 44.0 Å². The maximum absolute atomic E-state index is 9.65. The number of hydrogen-bond acceptors (Lipinski definition) is 2. The van der Waals surface area contributed by atoms with Gasteiger partial charge in [0.2, 0.25) is 0 Å². The first-order chi connectivity index (χ1) is 6.50. The van der Waals surface area contributed by atoms with E-state index in [1.807, 2.05) is 13.8 Å². The minimum Gasteiger partial charge on any atom is -0.506 e. The van der Waals surface area contributed by atoms with Crippen LogP contribution in [0.2, 0.25) is 5.02 Å². The molecular formula is C11H12ClNO. The second kappa shape index (κ2) is 3.89. The summed E-state index contributed by atoms with van der Waals surface area (Å²) in [5.74, 6) is 0.128. The largest absolute Gasteiger partial charge is 0.506 e. The molecule has 0 aliphatic rings. The summed E-state index contributed by atoms with van der Waals surface area (Å²) in [6.45, 7) is 5.52. The maximum Gasteiger partial charge on any atom is 0.137 e. The lowest BCUT2D eigenvalue weighted by Gasteiger charge is -2.13. The van der Waals surface area contributed by atoms with E-state index in [2.05, 4.69) is 6.07 Å². The fourth-order valence-corrected chi connectivity index (χ4v) is 1.76. The van der Waals surface area contributed by atoms with Gasteiger partial charge in [-0.2, -0.15) is 5.26 Å². The van der Waals surface area contributed by atoms with E-state index in [1.165, 1.54) is 0 Å². The van der Waals surface area contributed by atoms with Crippen molar-refractivity contribution in [1.82, 2.24) is 0 Å². The van der Waals surface area contributed by atoms with Gasteiger partial charge >= 0.3 is 0 Å². The maximum atomic E-state index is 9.65. The third-order valence-electron chi connectivity index (χ3n) is 2.62. The van der Waals surface area contributed by atoms with Crippen LogP contribution in [0.3, 0.4) is 0 Å². The van der Waals surface area contributed by atoms with Gasteiger partial charge in [0, 0.05) is 0 Å². The van der Waals surface area contributed by atoms with Crippen molar-refractivity contribution in [3.63, 3.8) is 0 Å². The molecule has 0 saturated carbocycles. The number of hydrogen-bond donors (Lipinski definition) is 1. The number of phenols is 1. The van der Waals surface area contributed by atoms with Crippen LogP contribution in [-0.4, -0.2) is 5.11 Å². The average Bonchev–Trinajstić information content (AvgIpc) is 2.19. The summed E-state index contributed by atoms with van der Waals surface area (Å²) >= 11 is 5.94. The molecule has 74 valence electrons. The summed E-state index contributed by atoms with van der Waals surface area (Å²) in [5, 5.41) is 18.7. The predicted molar refractivity (Wildman–Crippen MR) is 56.6 cm³/mol. The normalized spacial score (nSPS) is 9.93. The predicted octanol–water partition coefficient (Wildman–Crippen LogP) is 3.04. The molecule has 0 atom stereocenters. The molecular weight excluding hydrogens is 198 g/mol. The van der Waals surface area contributed by atoms with E-state index in [4.69, 9.17) is 16.9 Å². The van der Waals surface area contributed by atoms with E-state index >= 15 is 0 Å². The molecule has 0 bridgehead atoms. The molecule has 0 amide bonds. The average molecular weight is 210 g/mol. The molecule has 1 rings (SSSR count). The third kappa shape index (κ3) is 1.56. The van der Waals surface area contributed by atoms with Crippen LogP contribution in [0.4, 0.5) is 0 Å². The molecule has 1 N–H and O–H groups in total. The summed E-state index contributed by atoms with van der Waals surface area (Å²) in [5.41, 5.74) is 3.43. The highest BCUT2D eigenvalue weighted by Crippen LogP contribution is 2.35. The highest BCUT2D eigenvalue weighted by molar-refractivity contribution is 6.33. The van der Waals surface area contributed by atoms with Crippen LogP contribution < -0.4 is 0 Å². The van der Waals surface area contributed by atoms with Crippen molar-refractivity contribution in [2.75, 3.05) is 0 Å². The van der Waals surface area contributed by atoms with Crippen molar-refractivity contribution < 1.29 is 5.11 Å². The molecule has 0 aliphatic heterocycles. The van der Waals surface area contributed by atoms with Crippen LogP contribution in [0.25, 0.3) is 0 Å². The molecule has 14 heavy (non-hydrogen) atoms. The Morgan fingerprint density at radius 1 is 1.21 bits per heavy atom. The Morgan fingerprint density at radius 3 is 2.29 bits per heavy atom. The number of halogens is 1. The van der Waals surface area contributed by atoms with Gasteiger partial charge in [-0.05, 0) is 43.0 Å². The minimum absolute atomic E-state index is 0.128. The van der Waals surface area contributed by atoms with Crippen molar-refractivity contribution in [2.45, 2.75) is 27.2 Å². The van der Waals surface area contributed by atoms with E-state index in [0.29, 0.717) is 11.4 Å². The van der Waals surface area contributed by atoms with Gasteiger partial charge in [0.05, 0.1) is 17.5 Å². The smallest absolute Gasteiger partial charge is 0.137 e. The van der Waals surface area contributed by atoms with Crippen LogP contribution in [0, 0.1) is 32.1 Å². The zero-order valence-corrected chi connectivity index (χ0v) is 9.24. The number of nitriles is 1. The van der Waals surface area contributed by atoms with Crippen molar-refractivity contribution in [2.24, 2.45) is 0 Å². The Labute approximate surface area is 88.7 Å². The van der Waals surface area contributed by atoms with Gasteiger partial charge in [0.25, 0.3) is 0 Å². The molecule has 0 fully saturated rings. The van der Waals surface area contributed by atoms with Gasteiger partial charge in [-0.25, -0.2) is 0 Å². The first-order valence-electron chi connectivity index (χ1n) is 4.34. The Balaban J connectivity index is 3.53. The fraction of sp³-hybridized carbons (Fsp3) is 0.364. The number of benzene rings is 1. The van der Waals surface area contributed by atoms with Gasteiger partial charge < -0.3 is 5.11 Å². The third-order valence-corrected chi connectivity index (χ3v) is 3.08.